The van der Waals surface area contributed by atoms with E-state index in [-0.39, 0.29) is 23.3 Å². The lowest BCUT2D eigenvalue weighted by molar-refractivity contribution is 0.0940. The maximum absolute atomic E-state index is 14.2. The summed E-state index contributed by atoms with van der Waals surface area (Å²) in [6, 6.07) is 3.54. The van der Waals surface area contributed by atoms with Gasteiger partial charge >= 0.3 is 0 Å². The van der Waals surface area contributed by atoms with Crippen molar-refractivity contribution in [3.8, 4) is 0 Å². The first-order valence-corrected chi connectivity index (χ1v) is 10.1. The van der Waals surface area contributed by atoms with Crippen LogP contribution in [0.2, 0.25) is 0 Å². The molecule has 0 aromatic carbocycles. The Balaban J connectivity index is 1.57. The third kappa shape index (κ3) is 2.34. The maximum Gasteiger partial charge on any atom is 0.256 e. The van der Waals surface area contributed by atoms with Crippen LogP contribution in [0.3, 0.4) is 0 Å². The zero-order chi connectivity index (χ0) is 19.8. The molecule has 1 amide bonds. The number of nitrogens with zero attached hydrogens (tertiary/aromatic N) is 5. The molecular formula is C21H21FN6O. The maximum atomic E-state index is 14.2. The average Bonchev–Trinajstić information content (AvgIpc) is 3.09. The molecular weight excluding hydrogens is 371 g/mol. The van der Waals surface area contributed by atoms with Crippen LogP contribution >= 0.6 is 0 Å². The fourth-order valence-corrected chi connectivity index (χ4v) is 5.21. The second-order valence-electron chi connectivity index (χ2n) is 8.44. The number of fused-ring (bicyclic) bond motifs is 3. The summed E-state index contributed by atoms with van der Waals surface area (Å²) < 4.78 is 15.9. The van der Waals surface area contributed by atoms with E-state index >= 15 is 0 Å². The lowest BCUT2D eigenvalue weighted by Gasteiger charge is -2.31. The third-order valence-electron chi connectivity index (χ3n) is 6.73. The number of carbonyl (C=O) groups excluding carboxylic acids is 1. The number of pyridine rings is 1. The molecule has 148 valence electrons. The van der Waals surface area contributed by atoms with Gasteiger partial charge in [-0.3, -0.25) is 9.78 Å². The molecule has 1 saturated heterocycles. The number of amides is 1. The van der Waals surface area contributed by atoms with E-state index in [1.165, 1.54) is 6.20 Å². The van der Waals surface area contributed by atoms with Crippen molar-refractivity contribution in [3.63, 3.8) is 0 Å². The van der Waals surface area contributed by atoms with E-state index in [9.17, 15) is 9.18 Å². The van der Waals surface area contributed by atoms with Crippen molar-refractivity contribution in [2.45, 2.75) is 44.2 Å². The van der Waals surface area contributed by atoms with Gasteiger partial charge in [0, 0.05) is 30.0 Å². The average molecular weight is 392 g/mol. The van der Waals surface area contributed by atoms with Crippen molar-refractivity contribution in [3.05, 3.63) is 53.4 Å². The third-order valence-corrected chi connectivity index (χ3v) is 6.73. The van der Waals surface area contributed by atoms with Crippen LogP contribution in [0, 0.1) is 11.7 Å². The van der Waals surface area contributed by atoms with E-state index in [2.05, 4.69) is 20.3 Å². The lowest BCUT2D eigenvalue weighted by Crippen LogP contribution is -2.35. The predicted molar refractivity (Wildman–Crippen MR) is 104 cm³/mol. The van der Waals surface area contributed by atoms with Crippen molar-refractivity contribution in [1.82, 2.24) is 24.9 Å². The van der Waals surface area contributed by atoms with Crippen molar-refractivity contribution >= 4 is 17.4 Å². The Bertz CT molecular complexity index is 1160. The van der Waals surface area contributed by atoms with Crippen LogP contribution in [0.15, 0.2) is 30.7 Å². The van der Waals surface area contributed by atoms with Gasteiger partial charge in [-0.1, -0.05) is 0 Å². The number of piperidine rings is 1. The summed E-state index contributed by atoms with van der Waals surface area (Å²) in [6.07, 6.45) is 8.16. The summed E-state index contributed by atoms with van der Waals surface area (Å²) in [6.45, 7) is 2.83. The first-order chi connectivity index (χ1) is 14.1. The van der Waals surface area contributed by atoms with Crippen LogP contribution in [0.4, 0.5) is 10.2 Å². The molecule has 0 radical (unpaired) electrons. The summed E-state index contributed by atoms with van der Waals surface area (Å²) >= 11 is 0. The molecule has 3 aromatic rings. The van der Waals surface area contributed by atoms with Gasteiger partial charge in [-0.25, -0.2) is 13.9 Å². The number of aromatic nitrogens is 4. The molecule has 6 rings (SSSR count). The highest BCUT2D eigenvalue weighted by Gasteiger charge is 2.64. The number of aryl methyl sites for hydroxylation is 1. The molecule has 1 aliphatic carbocycles. The van der Waals surface area contributed by atoms with Gasteiger partial charge < -0.3 is 10.2 Å². The normalized spacial score (nSPS) is 28.1. The van der Waals surface area contributed by atoms with Gasteiger partial charge in [0.1, 0.15) is 17.2 Å². The Labute approximate surface area is 167 Å². The van der Waals surface area contributed by atoms with E-state index in [1.807, 2.05) is 19.2 Å². The number of hydrogen-bond acceptors (Lipinski definition) is 5. The van der Waals surface area contributed by atoms with Gasteiger partial charge in [0.2, 0.25) is 0 Å². The van der Waals surface area contributed by atoms with Crippen LogP contribution in [-0.4, -0.2) is 38.1 Å². The Morgan fingerprint density at radius 3 is 3.07 bits per heavy atom. The molecule has 1 saturated carbocycles. The number of nitrogens with one attached hydrogen (secondary N) is 1. The molecule has 8 heteroatoms. The number of rotatable bonds is 0. The van der Waals surface area contributed by atoms with Crippen LogP contribution in [0.5, 0.6) is 0 Å². The highest BCUT2D eigenvalue weighted by molar-refractivity contribution is 5.99. The molecule has 5 heterocycles. The summed E-state index contributed by atoms with van der Waals surface area (Å²) in [5, 5.41) is 7.32. The fourth-order valence-electron chi connectivity index (χ4n) is 5.21. The van der Waals surface area contributed by atoms with Gasteiger partial charge in [0.05, 0.1) is 17.9 Å². The SMILES string of the molecule is C[C@H]1CCc2ncc(F)cc2[C@@]23C[C@@H]2CCN3c2ccn3ncc(c3n2)C(=O)N1. The van der Waals surface area contributed by atoms with Gasteiger partial charge in [-0.2, -0.15) is 5.10 Å². The van der Waals surface area contributed by atoms with Crippen LogP contribution in [0.1, 0.15) is 47.8 Å². The summed E-state index contributed by atoms with van der Waals surface area (Å²) in [5.41, 5.74) is 2.67. The largest absolute Gasteiger partial charge is 0.349 e. The minimum Gasteiger partial charge on any atom is -0.349 e. The smallest absolute Gasteiger partial charge is 0.256 e. The molecule has 3 aromatic heterocycles. The van der Waals surface area contributed by atoms with Crippen LogP contribution in [-0.2, 0) is 12.0 Å². The van der Waals surface area contributed by atoms with Crippen molar-refractivity contribution in [1.29, 1.82) is 0 Å². The minimum absolute atomic E-state index is 0.0479. The number of carbonyl (C=O) groups is 1. The summed E-state index contributed by atoms with van der Waals surface area (Å²) in [7, 11) is 0. The van der Waals surface area contributed by atoms with Crippen LogP contribution in [0.25, 0.3) is 5.65 Å². The molecule has 3 atom stereocenters. The first kappa shape index (κ1) is 16.9. The molecule has 2 fully saturated rings. The van der Waals surface area contributed by atoms with Crippen molar-refractivity contribution in [2.24, 2.45) is 5.92 Å². The number of hydrogen-bond donors (Lipinski definition) is 1. The minimum atomic E-state index is -0.303. The van der Waals surface area contributed by atoms with E-state index in [0.29, 0.717) is 23.5 Å². The van der Waals surface area contributed by atoms with Crippen molar-refractivity contribution < 1.29 is 9.18 Å². The molecule has 3 aliphatic rings. The molecule has 1 N–H and O–H groups in total. The monoisotopic (exact) mass is 392 g/mol. The molecule has 7 nitrogen and oxygen atoms in total. The second-order valence-corrected chi connectivity index (χ2v) is 8.44. The lowest BCUT2D eigenvalue weighted by atomic mass is 9.96. The zero-order valence-electron chi connectivity index (χ0n) is 16.1. The van der Waals surface area contributed by atoms with Gasteiger partial charge in [0.25, 0.3) is 5.91 Å². The predicted octanol–water partition coefficient (Wildman–Crippen LogP) is 2.45. The topological polar surface area (TPSA) is 75.4 Å². The Morgan fingerprint density at radius 2 is 2.21 bits per heavy atom. The molecule has 2 aliphatic heterocycles. The molecule has 2 bridgehead atoms. The first-order valence-electron chi connectivity index (χ1n) is 10.1. The van der Waals surface area contributed by atoms with Crippen LogP contribution < -0.4 is 10.2 Å². The summed E-state index contributed by atoms with van der Waals surface area (Å²) in [4.78, 5) is 24.4. The van der Waals surface area contributed by atoms with Gasteiger partial charge in [-0.15, -0.1) is 0 Å². The fraction of sp³-hybridized carbons (Fsp3) is 0.429. The van der Waals surface area contributed by atoms with Gasteiger partial charge in [0.15, 0.2) is 5.65 Å². The summed E-state index contributed by atoms with van der Waals surface area (Å²) in [5.74, 6) is 0.802. The highest BCUT2D eigenvalue weighted by atomic mass is 19.1. The Hall–Kier alpha value is -3.03. The second kappa shape index (κ2) is 5.75. The van der Waals surface area contributed by atoms with Crippen molar-refractivity contribution in [2.75, 3.05) is 11.4 Å². The molecule has 29 heavy (non-hydrogen) atoms. The zero-order valence-corrected chi connectivity index (χ0v) is 16.1. The van der Waals surface area contributed by atoms with E-state index < -0.39 is 0 Å². The van der Waals surface area contributed by atoms with E-state index in [1.54, 1.807) is 16.8 Å². The number of anilines is 1. The Kier molecular flexibility index (Phi) is 3.34. The molecule has 1 spiro atoms. The molecule has 0 unspecified atom stereocenters. The quantitative estimate of drug-likeness (QED) is 0.636. The standard InChI is InChI=1S/C21H21FN6O/c1-12-2-3-17-16(8-14(22)10-23-17)21-9-13(21)4-6-27(21)18-5-7-28-19(26-18)15(11-24-28)20(29)25-12/h5,7-8,10-13H,2-4,6,9H2,1H3,(H,25,29)/t12-,13-,21+/m0/s1. The Morgan fingerprint density at radius 1 is 1.31 bits per heavy atom. The van der Waals surface area contributed by atoms with E-state index in [4.69, 9.17) is 4.98 Å². The number of halogens is 1. The van der Waals surface area contributed by atoms with E-state index in [0.717, 1.165) is 42.9 Å². The highest BCUT2D eigenvalue weighted by Crippen LogP contribution is 2.63. The van der Waals surface area contributed by atoms with Gasteiger partial charge in [-0.05, 0) is 50.7 Å².